The molecule has 288 valence electrons. The predicted molar refractivity (Wildman–Crippen MR) is 188 cm³/mol. The van der Waals surface area contributed by atoms with Crippen molar-refractivity contribution in [2.45, 2.75) is 171 Å². The molecule has 4 saturated heterocycles. The van der Waals surface area contributed by atoms with Crippen molar-refractivity contribution in [2.24, 2.45) is 29.4 Å². The number of hydrogen-bond donors (Lipinski definition) is 6. The zero-order chi connectivity index (χ0) is 35.1. The number of carbonyl (C=O) groups excluding carboxylic acids is 1. The number of piperidine rings is 1. The maximum Gasteiger partial charge on any atom is 0.417 e. The summed E-state index contributed by atoms with van der Waals surface area (Å²) in [6, 6.07) is -1.36. The largest absolute Gasteiger partial charge is 0.417 e. The highest BCUT2D eigenvalue weighted by Crippen LogP contribution is 2.39. The second-order valence-electron chi connectivity index (χ2n) is 16.5. The van der Waals surface area contributed by atoms with Gasteiger partial charge in [0.1, 0.15) is 6.17 Å². The van der Waals surface area contributed by atoms with Crippen LogP contribution in [0.15, 0.2) is 0 Å². The third kappa shape index (κ3) is 9.34. The van der Waals surface area contributed by atoms with Crippen molar-refractivity contribution in [3.05, 3.63) is 0 Å². The van der Waals surface area contributed by atoms with Gasteiger partial charge < -0.3 is 16.4 Å². The molecule has 2 saturated carbocycles. The van der Waals surface area contributed by atoms with Gasteiger partial charge in [-0.2, -0.15) is 13.2 Å². The summed E-state index contributed by atoms with van der Waals surface area (Å²) in [6.07, 6.45) is 13.2. The van der Waals surface area contributed by atoms with Gasteiger partial charge in [-0.3, -0.25) is 20.3 Å². The van der Waals surface area contributed by atoms with E-state index in [1.807, 2.05) is 5.01 Å². The van der Waals surface area contributed by atoms with Crippen LogP contribution in [0, 0.1) is 23.7 Å². The molecular weight excluding hydrogens is 648 g/mol. The van der Waals surface area contributed by atoms with Crippen LogP contribution in [-0.4, -0.2) is 97.5 Å². The zero-order valence-electron chi connectivity index (χ0n) is 30.2. The molecule has 6 rings (SSSR count). The third-order valence-corrected chi connectivity index (χ3v) is 13.1. The van der Waals surface area contributed by atoms with E-state index in [-0.39, 0.29) is 49.3 Å². The van der Waals surface area contributed by atoms with Crippen LogP contribution >= 0.6 is 0 Å². The number of nitrogens with one attached hydrogen (secondary N) is 5. The van der Waals surface area contributed by atoms with Crippen LogP contribution in [-0.2, 0) is 4.79 Å². The molecule has 50 heavy (non-hydrogen) atoms. The smallest absolute Gasteiger partial charge is 0.350 e. The number of hydrazine groups is 1. The Labute approximate surface area is 297 Å². The molecule has 9 unspecified atom stereocenters. The third-order valence-electron chi connectivity index (χ3n) is 13.1. The van der Waals surface area contributed by atoms with Crippen molar-refractivity contribution in [3.8, 4) is 0 Å². The first kappa shape index (κ1) is 38.6. The topological polar surface area (TPSA) is 110 Å². The van der Waals surface area contributed by atoms with Crippen molar-refractivity contribution in [3.63, 3.8) is 0 Å². The van der Waals surface area contributed by atoms with Crippen LogP contribution in [0.25, 0.3) is 0 Å². The molecule has 9 nitrogen and oxygen atoms in total. The molecule has 6 fully saturated rings. The number of rotatable bonds is 5. The van der Waals surface area contributed by atoms with Gasteiger partial charge in [-0.1, -0.05) is 109 Å². The Morgan fingerprint density at radius 2 is 1.28 bits per heavy atom. The summed E-state index contributed by atoms with van der Waals surface area (Å²) < 4.78 is 59.3. The first-order chi connectivity index (χ1) is 24.2. The highest BCUT2D eigenvalue weighted by molar-refractivity contribution is 5.81. The molecule has 2 aliphatic carbocycles. The van der Waals surface area contributed by atoms with Crippen LogP contribution in [0.4, 0.5) is 17.6 Å². The van der Waals surface area contributed by atoms with Crippen molar-refractivity contribution in [1.82, 2.24) is 36.6 Å². The van der Waals surface area contributed by atoms with Gasteiger partial charge in [0.05, 0.1) is 30.3 Å². The highest BCUT2D eigenvalue weighted by atomic mass is 19.4. The standard InChI is InChI=1S/C37H66F4N8O/c38-28-23-45-34-30(33(42)47-49(34)31(28)26-18-14-10-4-1-2-5-11-15-19-26)35(50)46-29-24-43-22-27(25-16-12-8-6-3-7-9-13-17-25)32(29)48-21-20-44-36(48)37(39,40)41/h25-34,36,43-45,47H,1-24,42H2,(H,46,50). The Morgan fingerprint density at radius 3 is 1.86 bits per heavy atom. The van der Waals surface area contributed by atoms with E-state index in [1.165, 1.54) is 57.8 Å². The molecule has 0 aromatic rings. The van der Waals surface area contributed by atoms with Crippen LogP contribution < -0.4 is 32.4 Å². The Kier molecular flexibility index (Phi) is 14.1. The summed E-state index contributed by atoms with van der Waals surface area (Å²) in [5.41, 5.74) is 10.0. The molecule has 0 spiro atoms. The number of amides is 1. The van der Waals surface area contributed by atoms with Gasteiger partial charge >= 0.3 is 6.18 Å². The summed E-state index contributed by atoms with van der Waals surface area (Å²) >= 11 is 0. The van der Waals surface area contributed by atoms with E-state index < -0.39 is 48.8 Å². The SMILES string of the molecule is NC1NN2C(NCC(F)C2C2CCCCCCCCCC2)C1C(=O)NC1CNCC(C2CCCCCCCCC2)C1N1CCNC1C(F)(F)F. The summed E-state index contributed by atoms with van der Waals surface area (Å²) in [5, 5.41) is 14.7. The van der Waals surface area contributed by atoms with Gasteiger partial charge in [0.2, 0.25) is 5.91 Å². The van der Waals surface area contributed by atoms with Crippen LogP contribution in [0.1, 0.15) is 122 Å². The molecule has 9 atom stereocenters. The quantitative estimate of drug-likeness (QED) is 0.224. The number of nitrogens with two attached hydrogens (primary N) is 1. The number of alkyl halides is 4. The van der Waals surface area contributed by atoms with E-state index in [1.54, 1.807) is 4.90 Å². The Bertz CT molecular complexity index is 1030. The first-order valence-corrected chi connectivity index (χ1v) is 20.5. The van der Waals surface area contributed by atoms with Crippen LogP contribution in [0.5, 0.6) is 0 Å². The average molecular weight is 715 g/mol. The molecule has 4 aliphatic heterocycles. The Balaban J connectivity index is 1.20. The molecule has 13 heteroatoms. The fourth-order valence-corrected chi connectivity index (χ4v) is 10.7. The van der Waals surface area contributed by atoms with Gasteiger partial charge in [0.15, 0.2) is 6.17 Å². The lowest BCUT2D eigenvalue weighted by atomic mass is 9.74. The molecular formula is C37H66F4N8O. The van der Waals surface area contributed by atoms with Crippen molar-refractivity contribution >= 4 is 5.91 Å². The molecule has 0 radical (unpaired) electrons. The molecule has 0 aromatic carbocycles. The summed E-state index contributed by atoms with van der Waals surface area (Å²) in [7, 11) is 0. The summed E-state index contributed by atoms with van der Waals surface area (Å²) in [5.74, 6) is -0.554. The fraction of sp³-hybridized carbons (Fsp3) is 0.973. The molecule has 4 heterocycles. The number of fused-ring (bicyclic) bond motifs is 1. The van der Waals surface area contributed by atoms with Crippen LogP contribution in [0.3, 0.4) is 0 Å². The second-order valence-corrected chi connectivity index (χ2v) is 16.5. The Morgan fingerprint density at radius 1 is 0.720 bits per heavy atom. The average Bonchev–Trinajstić information content (AvgIpc) is 3.70. The van der Waals surface area contributed by atoms with E-state index in [0.717, 1.165) is 64.2 Å². The van der Waals surface area contributed by atoms with E-state index in [2.05, 4.69) is 26.7 Å². The molecule has 0 aromatic heterocycles. The zero-order valence-corrected chi connectivity index (χ0v) is 30.2. The van der Waals surface area contributed by atoms with E-state index in [9.17, 15) is 18.0 Å². The van der Waals surface area contributed by atoms with E-state index in [0.29, 0.717) is 13.1 Å². The summed E-state index contributed by atoms with van der Waals surface area (Å²) in [4.78, 5) is 16.0. The highest BCUT2D eigenvalue weighted by Gasteiger charge is 2.55. The molecule has 6 aliphatic rings. The molecule has 0 bridgehead atoms. The second kappa shape index (κ2) is 18.3. The van der Waals surface area contributed by atoms with Crippen molar-refractivity contribution < 1.29 is 22.4 Å². The lowest BCUT2D eigenvalue weighted by Crippen LogP contribution is -2.69. The maximum absolute atomic E-state index is 15.9. The molecule has 7 N–H and O–H groups in total. The lowest BCUT2D eigenvalue weighted by Gasteiger charge is -2.49. The monoisotopic (exact) mass is 715 g/mol. The van der Waals surface area contributed by atoms with E-state index >= 15 is 4.39 Å². The minimum atomic E-state index is -4.42. The minimum Gasteiger partial charge on any atom is -0.350 e. The number of carbonyl (C=O) groups is 1. The van der Waals surface area contributed by atoms with Gasteiger partial charge in [0.25, 0.3) is 0 Å². The van der Waals surface area contributed by atoms with E-state index in [4.69, 9.17) is 5.73 Å². The van der Waals surface area contributed by atoms with Crippen molar-refractivity contribution in [2.75, 3.05) is 32.7 Å². The number of hydrogen-bond acceptors (Lipinski definition) is 8. The van der Waals surface area contributed by atoms with Gasteiger partial charge in [-0.25, -0.2) is 14.8 Å². The van der Waals surface area contributed by atoms with Crippen LogP contribution in [0.2, 0.25) is 0 Å². The number of nitrogens with zero attached hydrogens (tertiary/aromatic N) is 2. The van der Waals surface area contributed by atoms with Gasteiger partial charge in [0, 0.05) is 32.2 Å². The fourth-order valence-electron chi connectivity index (χ4n) is 10.7. The normalized spacial score (nSPS) is 39.0. The van der Waals surface area contributed by atoms with Gasteiger partial charge in [-0.15, -0.1) is 0 Å². The van der Waals surface area contributed by atoms with Crippen molar-refractivity contribution in [1.29, 1.82) is 0 Å². The maximum atomic E-state index is 15.9. The van der Waals surface area contributed by atoms with Gasteiger partial charge in [-0.05, 0) is 37.1 Å². The summed E-state index contributed by atoms with van der Waals surface area (Å²) in [6.45, 7) is 1.75. The molecule has 1 amide bonds. The number of halogens is 4. The lowest BCUT2D eigenvalue weighted by molar-refractivity contribution is -0.192. The predicted octanol–water partition coefficient (Wildman–Crippen LogP) is 4.88. The Hall–Kier alpha value is -1.09. The first-order valence-electron chi connectivity index (χ1n) is 20.5. The minimum absolute atomic E-state index is 0.0219.